The van der Waals surface area contributed by atoms with Crippen molar-refractivity contribution in [3.63, 3.8) is 0 Å². The quantitative estimate of drug-likeness (QED) is 0.875. The van der Waals surface area contributed by atoms with E-state index in [2.05, 4.69) is 10.3 Å². The number of carbonyl (C=O) groups is 1. The first-order valence-corrected chi connectivity index (χ1v) is 7.18. The molecular weight excluding hydrogens is 240 g/mol. The minimum absolute atomic E-state index is 0.122. The smallest absolute Gasteiger partial charge is 0.354 e. The molecule has 1 aromatic heterocycles. The van der Waals surface area contributed by atoms with Gasteiger partial charge in [-0.25, -0.2) is 9.78 Å². The molecule has 1 heterocycles. The first-order valence-electron chi connectivity index (χ1n) is 7.18. The van der Waals surface area contributed by atoms with E-state index < -0.39 is 5.97 Å². The summed E-state index contributed by atoms with van der Waals surface area (Å²) in [4.78, 5) is 15.0. The van der Waals surface area contributed by atoms with Gasteiger partial charge in [-0.15, -0.1) is 0 Å². The number of carboxylic acid groups (broad SMARTS) is 1. The summed E-state index contributed by atoms with van der Waals surface area (Å²) in [5, 5.41) is 12.4. The SMILES string of the molecule is O=C(O)c1cccc(CNC2CCCCCCC2)n1. The van der Waals surface area contributed by atoms with E-state index in [0.717, 1.165) is 5.69 Å². The Hall–Kier alpha value is -1.42. The predicted molar refractivity (Wildman–Crippen MR) is 74.1 cm³/mol. The Kier molecular flexibility index (Phi) is 5.33. The van der Waals surface area contributed by atoms with Gasteiger partial charge in [0.05, 0.1) is 5.69 Å². The van der Waals surface area contributed by atoms with Crippen LogP contribution in [-0.4, -0.2) is 22.1 Å². The molecule has 4 heteroatoms. The van der Waals surface area contributed by atoms with Crippen molar-refractivity contribution in [1.82, 2.24) is 10.3 Å². The molecule has 0 bridgehead atoms. The maximum atomic E-state index is 10.9. The predicted octanol–water partition coefficient (Wildman–Crippen LogP) is 2.98. The molecule has 104 valence electrons. The van der Waals surface area contributed by atoms with Crippen molar-refractivity contribution in [2.75, 3.05) is 0 Å². The van der Waals surface area contributed by atoms with Gasteiger partial charge < -0.3 is 10.4 Å². The lowest BCUT2D eigenvalue weighted by Gasteiger charge is -2.20. The molecule has 0 aliphatic heterocycles. The first kappa shape index (κ1) is 14.0. The number of carboxylic acids is 1. The van der Waals surface area contributed by atoms with Gasteiger partial charge in [0.2, 0.25) is 0 Å². The second kappa shape index (κ2) is 7.24. The number of nitrogens with one attached hydrogen (secondary N) is 1. The zero-order chi connectivity index (χ0) is 13.5. The van der Waals surface area contributed by atoms with E-state index in [-0.39, 0.29) is 5.69 Å². The number of hydrogen-bond donors (Lipinski definition) is 2. The third-order valence-corrected chi connectivity index (χ3v) is 3.70. The highest BCUT2D eigenvalue weighted by Crippen LogP contribution is 2.17. The molecule has 1 saturated carbocycles. The molecule has 1 aliphatic carbocycles. The van der Waals surface area contributed by atoms with Crippen molar-refractivity contribution in [1.29, 1.82) is 0 Å². The lowest BCUT2D eigenvalue weighted by Crippen LogP contribution is -2.29. The summed E-state index contributed by atoms with van der Waals surface area (Å²) in [6, 6.07) is 5.71. The minimum atomic E-state index is -0.965. The Balaban J connectivity index is 1.86. The average Bonchev–Trinajstić information content (AvgIpc) is 2.38. The average molecular weight is 262 g/mol. The summed E-state index contributed by atoms with van der Waals surface area (Å²) in [6.45, 7) is 0.659. The van der Waals surface area contributed by atoms with Crippen LogP contribution in [0.4, 0.5) is 0 Å². The highest BCUT2D eigenvalue weighted by Gasteiger charge is 2.11. The second-order valence-corrected chi connectivity index (χ2v) is 5.24. The molecule has 1 fully saturated rings. The fraction of sp³-hybridized carbons (Fsp3) is 0.600. The Labute approximate surface area is 114 Å². The lowest BCUT2D eigenvalue weighted by molar-refractivity contribution is 0.0690. The topological polar surface area (TPSA) is 62.2 Å². The van der Waals surface area contributed by atoms with Crippen LogP contribution < -0.4 is 5.32 Å². The summed E-state index contributed by atoms with van der Waals surface area (Å²) >= 11 is 0. The van der Waals surface area contributed by atoms with Gasteiger partial charge in [0.25, 0.3) is 0 Å². The molecule has 4 nitrogen and oxygen atoms in total. The minimum Gasteiger partial charge on any atom is -0.477 e. The van der Waals surface area contributed by atoms with Gasteiger partial charge in [-0.3, -0.25) is 0 Å². The second-order valence-electron chi connectivity index (χ2n) is 5.24. The molecule has 2 rings (SSSR count). The van der Waals surface area contributed by atoms with E-state index in [4.69, 9.17) is 5.11 Å². The summed E-state index contributed by atoms with van der Waals surface area (Å²) in [5.74, 6) is -0.965. The van der Waals surface area contributed by atoms with Crippen molar-refractivity contribution >= 4 is 5.97 Å². The van der Waals surface area contributed by atoms with E-state index in [1.54, 1.807) is 6.07 Å². The Bertz CT molecular complexity index is 412. The van der Waals surface area contributed by atoms with Crippen LogP contribution in [-0.2, 0) is 6.54 Å². The van der Waals surface area contributed by atoms with Gasteiger partial charge in [0.15, 0.2) is 0 Å². The molecule has 19 heavy (non-hydrogen) atoms. The summed E-state index contributed by atoms with van der Waals surface area (Å²) in [5.41, 5.74) is 0.930. The van der Waals surface area contributed by atoms with E-state index in [1.165, 1.54) is 51.0 Å². The number of rotatable bonds is 4. The molecule has 0 atom stereocenters. The normalized spacial score (nSPS) is 17.7. The number of aromatic nitrogens is 1. The van der Waals surface area contributed by atoms with Gasteiger partial charge in [-0.05, 0) is 25.0 Å². The van der Waals surface area contributed by atoms with Crippen LogP contribution in [0, 0.1) is 0 Å². The Morgan fingerprint density at radius 1 is 1.21 bits per heavy atom. The molecule has 0 saturated heterocycles. The van der Waals surface area contributed by atoms with Crippen LogP contribution in [0.1, 0.15) is 61.1 Å². The third-order valence-electron chi connectivity index (χ3n) is 3.70. The highest BCUT2D eigenvalue weighted by molar-refractivity contribution is 5.85. The van der Waals surface area contributed by atoms with E-state index in [0.29, 0.717) is 12.6 Å². The van der Waals surface area contributed by atoms with Crippen LogP contribution in [0.3, 0.4) is 0 Å². The first-order chi connectivity index (χ1) is 9.25. The summed E-state index contributed by atoms with van der Waals surface area (Å²) in [7, 11) is 0. The number of aromatic carboxylic acids is 1. The van der Waals surface area contributed by atoms with E-state index in [1.807, 2.05) is 6.07 Å². The summed E-state index contributed by atoms with van der Waals surface area (Å²) in [6.07, 6.45) is 9.07. The Morgan fingerprint density at radius 3 is 2.58 bits per heavy atom. The van der Waals surface area contributed by atoms with Crippen molar-refractivity contribution in [2.45, 2.75) is 57.5 Å². The fourth-order valence-electron chi connectivity index (χ4n) is 2.61. The fourth-order valence-corrected chi connectivity index (χ4v) is 2.61. The van der Waals surface area contributed by atoms with Crippen molar-refractivity contribution < 1.29 is 9.90 Å². The molecule has 1 aliphatic rings. The van der Waals surface area contributed by atoms with Crippen LogP contribution in [0.25, 0.3) is 0 Å². The van der Waals surface area contributed by atoms with Crippen molar-refractivity contribution in [3.05, 3.63) is 29.6 Å². The summed E-state index contributed by atoms with van der Waals surface area (Å²) < 4.78 is 0. The molecule has 1 aromatic rings. The van der Waals surface area contributed by atoms with Crippen molar-refractivity contribution in [2.24, 2.45) is 0 Å². The van der Waals surface area contributed by atoms with Crippen LogP contribution in [0.2, 0.25) is 0 Å². The van der Waals surface area contributed by atoms with E-state index in [9.17, 15) is 4.79 Å². The van der Waals surface area contributed by atoms with Gasteiger partial charge in [0.1, 0.15) is 5.69 Å². The van der Waals surface area contributed by atoms with Crippen LogP contribution >= 0.6 is 0 Å². The molecule has 0 aromatic carbocycles. The number of pyridine rings is 1. The monoisotopic (exact) mass is 262 g/mol. The zero-order valence-electron chi connectivity index (χ0n) is 11.3. The molecule has 2 N–H and O–H groups in total. The number of nitrogens with zero attached hydrogens (tertiary/aromatic N) is 1. The van der Waals surface area contributed by atoms with Crippen LogP contribution in [0.15, 0.2) is 18.2 Å². The van der Waals surface area contributed by atoms with Gasteiger partial charge in [-0.2, -0.15) is 0 Å². The maximum Gasteiger partial charge on any atom is 0.354 e. The standard InChI is InChI=1S/C15H22N2O2/c18-15(19)14-10-6-9-13(17-14)11-16-12-7-4-2-1-3-5-8-12/h6,9-10,12,16H,1-5,7-8,11H2,(H,18,19). The largest absolute Gasteiger partial charge is 0.477 e. The third kappa shape index (κ3) is 4.63. The molecule has 0 radical (unpaired) electrons. The maximum absolute atomic E-state index is 10.9. The van der Waals surface area contributed by atoms with Crippen molar-refractivity contribution in [3.8, 4) is 0 Å². The van der Waals surface area contributed by atoms with Crippen LogP contribution in [0.5, 0.6) is 0 Å². The van der Waals surface area contributed by atoms with Gasteiger partial charge in [0, 0.05) is 12.6 Å². The number of hydrogen-bond acceptors (Lipinski definition) is 3. The molecule has 0 spiro atoms. The zero-order valence-corrected chi connectivity index (χ0v) is 11.3. The van der Waals surface area contributed by atoms with Gasteiger partial charge >= 0.3 is 5.97 Å². The molecule has 0 amide bonds. The Morgan fingerprint density at radius 2 is 1.89 bits per heavy atom. The van der Waals surface area contributed by atoms with E-state index >= 15 is 0 Å². The highest BCUT2D eigenvalue weighted by atomic mass is 16.4. The molecule has 0 unspecified atom stereocenters. The lowest BCUT2D eigenvalue weighted by atomic mass is 9.97. The van der Waals surface area contributed by atoms with Gasteiger partial charge in [-0.1, -0.05) is 38.2 Å². The molecular formula is C15H22N2O2.